The number of carbonyl (C=O) groups excluding carboxylic acids is 1. The molecule has 8 heteroatoms. The fraction of sp³-hybridized carbons (Fsp3) is 0.0833. The molecule has 0 aliphatic rings. The van der Waals surface area contributed by atoms with Crippen LogP contribution >= 0.6 is 0 Å². The highest BCUT2D eigenvalue weighted by molar-refractivity contribution is 7.89. The number of sulfonamides is 1. The SMILES string of the molecule is O=C(NCc1ccc(-n2cccn2)cc1)c1cccc(S(=O)(=O)NCc2ccccc2)c1. The van der Waals surface area contributed by atoms with E-state index in [1.54, 1.807) is 23.0 Å². The van der Waals surface area contributed by atoms with Crippen molar-refractivity contribution in [3.63, 3.8) is 0 Å². The average molecular weight is 447 g/mol. The second kappa shape index (κ2) is 9.59. The van der Waals surface area contributed by atoms with E-state index < -0.39 is 10.0 Å². The molecule has 0 saturated carbocycles. The van der Waals surface area contributed by atoms with Crippen molar-refractivity contribution in [3.8, 4) is 5.69 Å². The number of hydrogen-bond acceptors (Lipinski definition) is 4. The third-order valence-electron chi connectivity index (χ3n) is 4.87. The van der Waals surface area contributed by atoms with Crippen molar-refractivity contribution >= 4 is 15.9 Å². The number of hydrogen-bond donors (Lipinski definition) is 2. The summed E-state index contributed by atoms with van der Waals surface area (Å²) in [6.07, 6.45) is 3.56. The molecule has 3 aromatic carbocycles. The molecule has 0 unspecified atom stereocenters. The predicted molar refractivity (Wildman–Crippen MR) is 122 cm³/mol. The van der Waals surface area contributed by atoms with Crippen molar-refractivity contribution in [2.75, 3.05) is 0 Å². The summed E-state index contributed by atoms with van der Waals surface area (Å²) in [6, 6.07) is 24.7. The third kappa shape index (κ3) is 5.29. The Morgan fingerprint density at radius 1 is 0.844 bits per heavy atom. The van der Waals surface area contributed by atoms with Gasteiger partial charge in [0.15, 0.2) is 0 Å². The predicted octanol–water partition coefficient (Wildman–Crippen LogP) is 3.28. The molecule has 0 spiro atoms. The van der Waals surface area contributed by atoms with Crippen molar-refractivity contribution in [2.45, 2.75) is 18.0 Å². The van der Waals surface area contributed by atoms with Crippen LogP contribution in [0.5, 0.6) is 0 Å². The van der Waals surface area contributed by atoms with Gasteiger partial charge in [0.25, 0.3) is 5.91 Å². The Labute approximate surface area is 186 Å². The van der Waals surface area contributed by atoms with Gasteiger partial charge in [-0.3, -0.25) is 4.79 Å². The molecule has 0 bridgehead atoms. The van der Waals surface area contributed by atoms with Gasteiger partial charge in [0.2, 0.25) is 10.0 Å². The largest absolute Gasteiger partial charge is 0.348 e. The number of nitrogens with one attached hydrogen (secondary N) is 2. The van der Waals surface area contributed by atoms with Crippen LogP contribution in [0.3, 0.4) is 0 Å². The molecule has 0 saturated heterocycles. The smallest absolute Gasteiger partial charge is 0.251 e. The molecule has 1 amide bonds. The Morgan fingerprint density at radius 3 is 2.31 bits per heavy atom. The normalized spacial score (nSPS) is 11.2. The Kier molecular flexibility index (Phi) is 6.44. The first-order valence-corrected chi connectivity index (χ1v) is 11.5. The van der Waals surface area contributed by atoms with Gasteiger partial charge in [-0.15, -0.1) is 0 Å². The van der Waals surface area contributed by atoms with Gasteiger partial charge in [0.1, 0.15) is 0 Å². The van der Waals surface area contributed by atoms with Gasteiger partial charge in [-0.2, -0.15) is 5.10 Å². The molecule has 0 aliphatic carbocycles. The van der Waals surface area contributed by atoms with E-state index in [-0.39, 0.29) is 22.9 Å². The van der Waals surface area contributed by atoms with Gasteiger partial charge in [-0.1, -0.05) is 48.5 Å². The molecule has 32 heavy (non-hydrogen) atoms. The van der Waals surface area contributed by atoms with Crippen LogP contribution in [-0.2, 0) is 23.1 Å². The lowest BCUT2D eigenvalue weighted by molar-refractivity contribution is 0.0950. The number of amides is 1. The Hall–Kier alpha value is -3.75. The minimum atomic E-state index is -3.75. The summed E-state index contributed by atoms with van der Waals surface area (Å²) in [7, 11) is -3.75. The van der Waals surface area contributed by atoms with Crippen LogP contribution in [0.15, 0.2) is 102 Å². The first kappa shape index (κ1) is 21.5. The van der Waals surface area contributed by atoms with Gasteiger partial charge in [-0.05, 0) is 47.5 Å². The summed E-state index contributed by atoms with van der Waals surface area (Å²) in [5, 5.41) is 7.01. The molecule has 7 nitrogen and oxygen atoms in total. The second-order valence-electron chi connectivity index (χ2n) is 7.14. The minimum Gasteiger partial charge on any atom is -0.348 e. The van der Waals surface area contributed by atoms with E-state index in [0.29, 0.717) is 6.54 Å². The van der Waals surface area contributed by atoms with Crippen LogP contribution in [0.2, 0.25) is 0 Å². The molecule has 1 aromatic heterocycles. The number of carbonyl (C=O) groups is 1. The van der Waals surface area contributed by atoms with Crippen molar-refractivity contribution in [3.05, 3.63) is 114 Å². The number of rotatable bonds is 8. The van der Waals surface area contributed by atoms with Crippen LogP contribution in [0.1, 0.15) is 21.5 Å². The fourth-order valence-corrected chi connectivity index (χ4v) is 4.20. The van der Waals surface area contributed by atoms with E-state index in [4.69, 9.17) is 0 Å². The minimum absolute atomic E-state index is 0.0460. The molecular formula is C24H22N4O3S. The maximum Gasteiger partial charge on any atom is 0.251 e. The molecule has 2 N–H and O–H groups in total. The van der Waals surface area contributed by atoms with Gasteiger partial charge < -0.3 is 5.32 Å². The summed E-state index contributed by atoms with van der Waals surface area (Å²) in [5.74, 6) is -0.346. The van der Waals surface area contributed by atoms with Gasteiger partial charge in [0.05, 0.1) is 10.6 Å². The van der Waals surface area contributed by atoms with Gasteiger partial charge in [0, 0.05) is 31.0 Å². The lowest BCUT2D eigenvalue weighted by Gasteiger charge is -2.10. The van der Waals surface area contributed by atoms with E-state index in [1.807, 2.05) is 66.9 Å². The summed E-state index contributed by atoms with van der Waals surface area (Å²) in [4.78, 5) is 12.6. The van der Waals surface area contributed by atoms with E-state index in [9.17, 15) is 13.2 Å². The molecule has 4 rings (SSSR count). The van der Waals surface area contributed by atoms with Crippen LogP contribution < -0.4 is 10.0 Å². The Morgan fingerprint density at radius 2 is 1.59 bits per heavy atom. The molecule has 0 aliphatic heterocycles. The van der Waals surface area contributed by atoms with Crippen molar-refractivity contribution < 1.29 is 13.2 Å². The fourth-order valence-electron chi connectivity index (χ4n) is 3.13. The topological polar surface area (TPSA) is 93.1 Å². The number of benzene rings is 3. The zero-order chi connectivity index (χ0) is 22.4. The molecular weight excluding hydrogens is 424 g/mol. The molecule has 1 heterocycles. The summed E-state index contributed by atoms with van der Waals surface area (Å²) >= 11 is 0. The lowest BCUT2D eigenvalue weighted by atomic mass is 10.2. The maximum absolute atomic E-state index is 12.6. The van der Waals surface area contributed by atoms with Crippen LogP contribution in [0.25, 0.3) is 5.69 Å². The standard InChI is InChI=1S/C24H22N4O3S/c29-24(25-17-20-10-12-22(13-11-20)28-15-5-14-26-28)21-8-4-9-23(16-21)32(30,31)27-18-19-6-2-1-3-7-19/h1-16,27H,17-18H2,(H,25,29). The van der Waals surface area contributed by atoms with Crippen molar-refractivity contribution in [1.29, 1.82) is 0 Å². The number of nitrogens with zero attached hydrogens (tertiary/aromatic N) is 2. The lowest BCUT2D eigenvalue weighted by Crippen LogP contribution is -2.25. The summed E-state index contributed by atoms with van der Waals surface area (Å²) < 4.78 is 29.6. The molecule has 4 aromatic rings. The van der Waals surface area contributed by atoms with Gasteiger partial charge in [-0.25, -0.2) is 17.8 Å². The van der Waals surface area contributed by atoms with Crippen LogP contribution in [-0.4, -0.2) is 24.1 Å². The molecule has 0 atom stereocenters. The highest BCUT2D eigenvalue weighted by atomic mass is 32.2. The van der Waals surface area contributed by atoms with E-state index in [1.165, 1.54) is 12.1 Å². The monoisotopic (exact) mass is 446 g/mol. The Balaban J connectivity index is 1.38. The van der Waals surface area contributed by atoms with E-state index in [0.717, 1.165) is 16.8 Å². The van der Waals surface area contributed by atoms with Crippen molar-refractivity contribution in [2.24, 2.45) is 0 Å². The number of aromatic nitrogens is 2. The quantitative estimate of drug-likeness (QED) is 0.434. The molecule has 0 radical (unpaired) electrons. The summed E-state index contributed by atoms with van der Waals surface area (Å²) in [6.45, 7) is 0.496. The second-order valence-corrected chi connectivity index (χ2v) is 8.90. The Bertz CT molecular complexity index is 1290. The first-order chi connectivity index (χ1) is 15.5. The third-order valence-corrected chi connectivity index (χ3v) is 6.27. The molecule has 162 valence electrons. The zero-order valence-corrected chi connectivity index (χ0v) is 18.0. The van der Waals surface area contributed by atoms with Crippen molar-refractivity contribution in [1.82, 2.24) is 19.8 Å². The average Bonchev–Trinajstić information content (AvgIpc) is 3.37. The van der Waals surface area contributed by atoms with E-state index in [2.05, 4.69) is 15.1 Å². The first-order valence-electron chi connectivity index (χ1n) is 10.0. The maximum atomic E-state index is 12.6. The van der Waals surface area contributed by atoms with Gasteiger partial charge >= 0.3 is 0 Å². The van der Waals surface area contributed by atoms with Crippen LogP contribution in [0.4, 0.5) is 0 Å². The highest BCUT2D eigenvalue weighted by Crippen LogP contribution is 2.13. The van der Waals surface area contributed by atoms with E-state index >= 15 is 0 Å². The summed E-state index contributed by atoms with van der Waals surface area (Å²) in [5.41, 5.74) is 2.97. The highest BCUT2D eigenvalue weighted by Gasteiger charge is 2.16. The molecule has 0 fully saturated rings. The van der Waals surface area contributed by atoms with Crippen LogP contribution in [0, 0.1) is 0 Å². The zero-order valence-electron chi connectivity index (χ0n) is 17.2.